The highest BCUT2D eigenvalue weighted by Crippen LogP contribution is 2.44. The molecule has 0 aliphatic heterocycles. The van der Waals surface area contributed by atoms with Crippen molar-refractivity contribution in [3.63, 3.8) is 0 Å². The van der Waals surface area contributed by atoms with Gasteiger partial charge in [0.1, 0.15) is 11.2 Å². The maximum atomic E-state index is 6.40. The maximum Gasteiger partial charge on any atom is 0.143 e. The van der Waals surface area contributed by atoms with Gasteiger partial charge in [-0.2, -0.15) is 0 Å². The molecule has 0 radical (unpaired) electrons. The van der Waals surface area contributed by atoms with Crippen LogP contribution in [0.5, 0.6) is 0 Å². The fraction of sp³-hybridized carbons (Fsp3) is 0. The number of fused-ring (bicyclic) bond motifs is 8. The van der Waals surface area contributed by atoms with E-state index >= 15 is 0 Å². The quantitative estimate of drug-likeness (QED) is 0.170. The topological polar surface area (TPSA) is 16.4 Å². The first-order valence-electron chi connectivity index (χ1n) is 18.7. The predicted octanol–water partition coefficient (Wildman–Crippen LogP) is 15.6. The lowest BCUT2D eigenvalue weighted by atomic mass is 10.0. The molecule has 258 valence electrons. The summed E-state index contributed by atoms with van der Waals surface area (Å²) < 4.78 is 9.08. The van der Waals surface area contributed by atoms with Crippen LogP contribution < -0.4 is 4.90 Å². The first-order valence-corrected chi connectivity index (χ1v) is 19.5. The molecule has 0 aliphatic rings. The van der Waals surface area contributed by atoms with E-state index in [1.807, 2.05) is 23.5 Å². The minimum Gasteiger partial charge on any atom is -0.455 e. The fourth-order valence-corrected chi connectivity index (χ4v) is 9.56. The van der Waals surface area contributed by atoms with Gasteiger partial charge < -0.3 is 9.32 Å². The van der Waals surface area contributed by atoms with E-state index in [1.165, 1.54) is 53.2 Å². The van der Waals surface area contributed by atoms with Gasteiger partial charge in [-0.1, -0.05) is 158 Å². The largest absolute Gasteiger partial charge is 0.455 e. The van der Waals surface area contributed by atoms with Crippen molar-refractivity contribution in [3.05, 3.63) is 200 Å². The van der Waals surface area contributed by atoms with E-state index in [9.17, 15) is 0 Å². The molecule has 0 atom stereocenters. The first-order chi connectivity index (χ1) is 27.3. The van der Waals surface area contributed by atoms with Gasteiger partial charge in [-0.3, -0.25) is 0 Å². The fourth-order valence-electron chi connectivity index (χ4n) is 8.19. The Bertz CT molecular complexity index is 3170. The van der Waals surface area contributed by atoms with Crippen molar-refractivity contribution in [2.24, 2.45) is 0 Å². The van der Waals surface area contributed by atoms with Crippen LogP contribution in [0.2, 0.25) is 0 Å². The average molecular weight is 720 g/mol. The lowest BCUT2D eigenvalue weighted by molar-refractivity contribution is 0.670. The molecule has 0 aliphatic carbocycles. The SMILES string of the molecule is c1ccc(-c2ccc(N(c3ccc(-c4cccc5c4oc4ccccc45)cc3)c3ccc(-c4cccc5c4sc4c6ccccc6ccc54)cc3)cc2)cc1. The molecule has 11 aromatic rings. The van der Waals surface area contributed by atoms with Crippen molar-refractivity contribution in [1.29, 1.82) is 0 Å². The maximum absolute atomic E-state index is 6.40. The second-order valence-corrected chi connectivity index (χ2v) is 15.1. The summed E-state index contributed by atoms with van der Waals surface area (Å²) in [6, 6.07) is 72.0. The number of rotatable bonds is 6. The summed E-state index contributed by atoms with van der Waals surface area (Å²) in [5.41, 5.74) is 12.2. The number of para-hydroxylation sites is 2. The second kappa shape index (κ2) is 12.9. The molecule has 0 N–H and O–H groups in total. The lowest BCUT2D eigenvalue weighted by Crippen LogP contribution is -2.09. The number of furan rings is 1. The summed E-state index contributed by atoms with van der Waals surface area (Å²) in [6.45, 7) is 0. The molecule has 0 fully saturated rings. The molecule has 2 heterocycles. The summed E-state index contributed by atoms with van der Waals surface area (Å²) in [5.74, 6) is 0. The Morgan fingerprint density at radius 3 is 1.58 bits per heavy atom. The molecule has 0 amide bonds. The third-order valence-electron chi connectivity index (χ3n) is 10.9. The molecule has 0 saturated carbocycles. The Morgan fingerprint density at radius 1 is 0.327 bits per heavy atom. The predicted molar refractivity (Wildman–Crippen MR) is 235 cm³/mol. The van der Waals surface area contributed by atoms with Gasteiger partial charge in [-0.15, -0.1) is 11.3 Å². The summed E-state index contributed by atoms with van der Waals surface area (Å²) in [5, 5.41) is 7.51. The van der Waals surface area contributed by atoms with Crippen molar-refractivity contribution >= 4 is 81.3 Å². The van der Waals surface area contributed by atoms with Crippen LogP contribution in [0.15, 0.2) is 205 Å². The smallest absolute Gasteiger partial charge is 0.143 e. The first kappa shape index (κ1) is 31.6. The van der Waals surface area contributed by atoms with Gasteiger partial charge in [-0.25, -0.2) is 0 Å². The summed E-state index contributed by atoms with van der Waals surface area (Å²) in [6.07, 6.45) is 0. The molecular weight excluding hydrogens is 687 g/mol. The van der Waals surface area contributed by atoms with E-state index in [4.69, 9.17) is 4.42 Å². The lowest BCUT2D eigenvalue weighted by Gasteiger charge is -2.26. The normalized spacial score (nSPS) is 11.6. The van der Waals surface area contributed by atoms with Crippen LogP contribution in [0.3, 0.4) is 0 Å². The van der Waals surface area contributed by atoms with Gasteiger partial charge >= 0.3 is 0 Å². The third-order valence-corrected chi connectivity index (χ3v) is 12.2. The highest BCUT2D eigenvalue weighted by atomic mass is 32.1. The van der Waals surface area contributed by atoms with Gasteiger partial charge in [0.05, 0.1) is 0 Å². The van der Waals surface area contributed by atoms with Crippen molar-refractivity contribution in [1.82, 2.24) is 0 Å². The zero-order valence-corrected chi connectivity index (χ0v) is 30.6. The number of anilines is 3. The Labute approximate surface area is 322 Å². The average Bonchev–Trinajstić information content (AvgIpc) is 3.84. The Morgan fingerprint density at radius 2 is 0.855 bits per heavy atom. The molecule has 2 nitrogen and oxygen atoms in total. The molecule has 0 spiro atoms. The molecule has 0 saturated heterocycles. The molecule has 0 unspecified atom stereocenters. The van der Waals surface area contributed by atoms with Gasteiger partial charge in [0.15, 0.2) is 0 Å². The number of thiophene rings is 1. The van der Waals surface area contributed by atoms with E-state index in [1.54, 1.807) is 0 Å². The number of nitrogens with zero attached hydrogens (tertiary/aromatic N) is 1. The number of hydrogen-bond donors (Lipinski definition) is 0. The van der Waals surface area contributed by atoms with E-state index in [-0.39, 0.29) is 0 Å². The zero-order valence-electron chi connectivity index (χ0n) is 29.8. The van der Waals surface area contributed by atoms with Crippen molar-refractivity contribution in [2.75, 3.05) is 4.90 Å². The van der Waals surface area contributed by atoms with Crippen LogP contribution in [0, 0.1) is 0 Å². The summed E-state index contributed by atoms with van der Waals surface area (Å²) >= 11 is 1.90. The van der Waals surface area contributed by atoms with Crippen molar-refractivity contribution in [3.8, 4) is 33.4 Å². The van der Waals surface area contributed by atoms with Crippen molar-refractivity contribution < 1.29 is 4.42 Å². The number of benzene rings is 9. The standard InChI is InChI=1S/C52H33NOS/c1-2-10-34(11-3-1)35-20-27-39(28-21-35)53(40-29-22-37(23-30-40)42-15-8-17-46-45-14-6-7-19-49(45)54-50(42)46)41-31-24-38(25-32-41)44-16-9-18-47-48-33-26-36-12-4-5-13-43(36)52(48)55-51(44)47/h1-33H. The summed E-state index contributed by atoms with van der Waals surface area (Å²) in [4.78, 5) is 2.34. The van der Waals surface area contributed by atoms with Gasteiger partial charge in [0, 0.05) is 53.6 Å². The van der Waals surface area contributed by atoms with Gasteiger partial charge in [0.2, 0.25) is 0 Å². The van der Waals surface area contributed by atoms with Gasteiger partial charge in [0.25, 0.3) is 0 Å². The Hall–Kier alpha value is -6.94. The Balaban J connectivity index is 1.00. The van der Waals surface area contributed by atoms with E-state index in [0.29, 0.717) is 0 Å². The number of hydrogen-bond acceptors (Lipinski definition) is 3. The van der Waals surface area contributed by atoms with Crippen molar-refractivity contribution in [2.45, 2.75) is 0 Å². The molecule has 9 aromatic carbocycles. The van der Waals surface area contributed by atoms with E-state index < -0.39 is 0 Å². The van der Waals surface area contributed by atoms with Crippen LogP contribution in [0.4, 0.5) is 17.1 Å². The van der Waals surface area contributed by atoms with Crippen LogP contribution >= 0.6 is 11.3 Å². The molecule has 55 heavy (non-hydrogen) atoms. The van der Waals surface area contributed by atoms with Crippen LogP contribution in [0.25, 0.3) is 86.3 Å². The molecule has 3 heteroatoms. The summed E-state index contributed by atoms with van der Waals surface area (Å²) in [7, 11) is 0. The second-order valence-electron chi connectivity index (χ2n) is 14.1. The molecular formula is C52H33NOS. The Kier molecular flexibility index (Phi) is 7.39. The van der Waals surface area contributed by atoms with Crippen LogP contribution in [-0.2, 0) is 0 Å². The highest BCUT2D eigenvalue weighted by molar-refractivity contribution is 7.27. The zero-order chi connectivity index (χ0) is 36.3. The minimum absolute atomic E-state index is 0.909. The molecule has 2 aromatic heterocycles. The molecule has 0 bridgehead atoms. The van der Waals surface area contributed by atoms with E-state index in [0.717, 1.165) is 50.1 Å². The minimum atomic E-state index is 0.909. The highest BCUT2D eigenvalue weighted by Gasteiger charge is 2.17. The van der Waals surface area contributed by atoms with E-state index in [2.05, 4.69) is 193 Å². The monoisotopic (exact) mass is 719 g/mol. The molecule has 11 rings (SSSR count). The third kappa shape index (κ3) is 5.32. The van der Waals surface area contributed by atoms with Gasteiger partial charge in [-0.05, 0) is 81.1 Å². The van der Waals surface area contributed by atoms with Crippen LogP contribution in [0.1, 0.15) is 0 Å². The van der Waals surface area contributed by atoms with Crippen LogP contribution in [-0.4, -0.2) is 0 Å².